The number of nitrogens with zero attached hydrogens (tertiary/aromatic N) is 6. The van der Waals surface area contributed by atoms with E-state index in [1.54, 1.807) is 7.11 Å². The third-order valence-corrected chi connectivity index (χ3v) is 6.89. The fourth-order valence-corrected chi connectivity index (χ4v) is 4.85. The number of carbonyl (C=O) groups is 1. The number of carbonyl (C=O) groups excluding carboxylic acids is 1. The number of benzene rings is 1. The maximum atomic E-state index is 13.1. The summed E-state index contributed by atoms with van der Waals surface area (Å²) in [4.78, 5) is 22.5. The highest BCUT2D eigenvalue weighted by molar-refractivity contribution is 7.16. The van der Waals surface area contributed by atoms with Gasteiger partial charge < -0.3 is 19.1 Å². The van der Waals surface area contributed by atoms with E-state index >= 15 is 0 Å². The average molecular weight is 461 g/mol. The molecule has 1 aliphatic heterocycles. The molecule has 1 fully saturated rings. The predicted molar refractivity (Wildman–Crippen MR) is 128 cm³/mol. The van der Waals surface area contributed by atoms with Crippen molar-refractivity contribution in [3.05, 3.63) is 71.5 Å². The molecule has 4 heterocycles. The van der Waals surface area contributed by atoms with Crippen molar-refractivity contribution in [1.82, 2.24) is 24.6 Å². The van der Waals surface area contributed by atoms with Crippen LogP contribution in [0.25, 0.3) is 16.4 Å². The number of piperazine rings is 1. The highest BCUT2D eigenvalue weighted by Gasteiger charge is 2.26. The van der Waals surface area contributed by atoms with E-state index in [1.807, 2.05) is 77.3 Å². The van der Waals surface area contributed by atoms with E-state index in [0.717, 1.165) is 33.7 Å². The normalized spacial score (nSPS) is 13.9. The van der Waals surface area contributed by atoms with Crippen LogP contribution in [0, 0.1) is 6.92 Å². The van der Waals surface area contributed by atoms with E-state index in [1.165, 1.54) is 11.3 Å². The van der Waals surface area contributed by atoms with Crippen LogP contribution in [0.1, 0.15) is 15.4 Å². The van der Waals surface area contributed by atoms with Gasteiger partial charge >= 0.3 is 0 Å². The second-order valence-electron chi connectivity index (χ2n) is 7.79. The summed E-state index contributed by atoms with van der Waals surface area (Å²) in [5, 5.41) is 9.64. The van der Waals surface area contributed by atoms with Crippen molar-refractivity contribution in [3.8, 4) is 22.1 Å². The first-order valence-electron chi connectivity index (χ1n) is 10.8. The van der Waals surface area contributed by atoms with E-state index in [0.29, 0.717) is 31.1 Å². The second kappa shape index (κ2) is 9.03. The Morgan fingerprint density at radius 1 is 0.970 bits per heavy atom. The summed E-state index contributed by atoms with van der Waals surface area (Å²) in [7, 11) is 1.65. The summed E-state index contributed by atoms with van der Waals surface area (Å²) < 4.78 is 7.14. The van der Waals surface area contributed by atoms with Crippen LogP contribution in [0.2, 0.25) is 0 Å². The SMILES string of the molecule is COc1ccc(-c2ccc(N3CCN(C(=O)c4sc(-n5cccc5)nc4C)CC3)nn2)cc1. The lowest BCUT2D eigenvalue weighted by Gasteiger charge is -2.35. The number of methoxy groups -OCH3 is 1. The van der Waals surface area contributed by atoms with Crippen LogP contribution < -0.4 is 9.64 Å². The Morgan fingerprint density at radius 3 is 2.33 bits per heavy atom. The molecule has 1 saturated heterocycles. The monoisotopic (exact) mass is 460 g/mol. The lowest BCUT2D eigenvalue weighted by Crippen LogP contribution is -2.49. The molecule has 168 valence electrons. The first-order valence-corrected chi connectivity index (χ1v) is 11.6. The summed E-state index contributed by atoms with van der Waals surface area (Å²) in [5.41, 5.74) is 2.58. The van der Waals surface area contributed by atoms with Gasteiger partial charge in [0.25, 0.3) is 5.91 Å². The minimum Gasteiger partial charge on any atom is -0.497 e. The topological polar surface area (TPSA) is 76.4 Å². The van der Waals surface area contributed by atoms with Gasteiger partial charge in [-0.2, -0.15) is 0 Å². The van der Waals surface area contributed by atoms with Gasteiger partial charge in [-0.1, -0.05) is 11.3 Å². The Balaban J connectivity index is 1.22. The van der Waals surface area contributed by atoms with Crippen LogP contribution in [0.3, 0.4) is 0 Å². The molecule has 0 radical (unpaired) electrons. The zero-order valence-electron chi connectivity index (χ0n) is 18.5. The lowest BCUT2D eigenvalue weighted by molar-refractivity contribution is 0.0750. The van der Waals surface area contributed by atoms with Crippen molar-refractivity contribution in [3.63, 3.8) is 0 Å². The third kappa shape index (κ3) is 4.31. The van der Waals surface area contributed by atoms with Crippen molar-refractivity contribution >= 4 is 23.1 Å². The first-order chi connectivity index (χ1) is 16.1. The van der Waals surface area contributed by atoms with Gasteiger partial charge in [0.1, 0.15) is 10.6 Å². The predicted octanol–water partition coefficient (Wildman–Crippen LogP) is 3.67. The maximum absolute atomic E-state index is 13.1. The molecule has 0 N–H and O–H groups in total. The summed E-state index contributed by atoms with van der Waals surface area (Å²) in [6.45, 7) is 4.59. The highest BCUT2D eigenvalue weighted by atomic mass is 32.1. The van der Waals surface area contributed by atoms with Crippen LogP contribution in [0.4, 0.5) is 5.82 Å². The third-order valence-electron chi connectivity index (χ3n) is 5.73. The molecule has 9 heteroatoms. The van der Waals surface area contributed by atoms with Crippen molar-refractivity contribution in [2.45, 2.75) is 6.92 Å². The zero-order valence-corrected chi connectivity index (χ0v) is 19.3. The van der Waals surface area contributed by atoms with Crippen LogP contribution in [0.15, 0.2) is 60.9 Å². The molecule has 5 rings (SSSR count). The maximum Gasteiger partial charge on any atom is 0.266 e. The molecular formula is C24H24N6O2S. The molecule has 0 bridgehead atoms. The summed E-state index contributed by atoms with van der Waals surface area (Å²) in [6, 6.07) is 15.6. The summed E-state index contributed by atoms with van der Waals surface area (Å²) >= 11 is 1.43. The van der Waals surface area contributed by atoms with Crippen molar-refractivity contribution < 1.29 is 9.53 Å². The number of hydrogen-bond acceptors (Lipinski definition) is 7. The highest BCUT2D eigenvalue weighted by Crippen LogP contribution is 2.25. The smallest absolute Gasteiger partial charge is 0.266 e. The summed E-state index contributed by atoms with van der Waals surface area (Å²) in [6.07, 6.45) is 3.87. The number of hydrogen-bond donors (Lipinski definition) is 0. The number of aryl methyl sites for hydroxylation is 1. The van der Waals surface area contributed by atoms with E-state index in [-0.39, 0.29) is 5.91 Å². The average Bonchev–Trinajstić information content (AvgIpc) is 3.54. The Hall–Kier alpha value is -3.72. The molecule has 4 aromatic rings. The summed E-state index contributed by atoms with van der Waals surface area (Å²) in [5.74, 6) is 1.68. The fourth-order valence-electron chi connectivity index (χ4n) is 3.84. The van der Waals surface area contributed by atoms with Crippen LogP contribution in [-0.4, -0.2) is 63.8 Å². The molecule has 8 nitrogen and oxygen atoms in total. The largest absolute Gasteiger partial charge is 0.497 e. The Morgan fingerprint density at radius 2 is 1.70 bits per heavy atom. The minimum atomic E-state index is 0.0454. The number of aromatic nitrogens is 4. The second-order valence-corrected chi connectivity index (χ2v) is 8.76. The Bertz CT molecular complexity index is 1230. The van der Waals surface area contributed by atoms with Gasteiger partial charge in [-0.15, -0.1) is 10.2 Å². The van der Waals surface area contributed by atoms with E-state index in [9.17, 15) is 4.79 Å². The molecule has 0 aliphatic carbocycles. The molecular weight excluding hydrogens is 436 g/mol. The quantitative estimate of drug-likeness (QED) is 0.452. The first kappa shape index (κ1) is 21.1. The van der Waals surface area contributed by atoms with Gasteiger partial charge in [-0.05, 0) is 55.5 Å². The lowest BCUT2D eigenvalue weighted by atomic mass is 10.1. The van der Waals surface area contributed by atoms with Gasteiger partial charge in [-0.25, -0.2) is 4.98 Å². The Kier molecular flexibility index (Phi) is 5.78. The van der Waals surface area contributed by atoms with Gasteiger partial charge in [0.2, 0.25) is 0 Å². The minimum absolute atomic E-state index is 0.0454. The number of thiazole rings is 1. The van der Waals surface area contributed by atoms with Gasteiger partial charge in [0, 0.05) is 44.1 Å². The molecule has 0 spiro atoms. The standard InChI is InChI=1S/C24H24N6O2S/c1-17-22(33-24(25-17)30-11-3-4-12-30)23(31)29-15-13-28(14-16-29)21-10-9-20(26-27-21)18-5-7-19(32-2)8-6-18/h3-12H,13-16H2,1-2H3. The molecule has 0 atom stereocenters. The van der Waals surface area contributed by atoms with Crippen molar-refractivity contribution in [2.24, 2.45) is 0 Å². The molecule has 3 aromatic heterocycles. The zero-order chi connectivity index (χ0) is 22.8. The molecule has 1 aliphatic rings. The Labute approximate surface area is 196 Å². The number of anilines is 1. The molecule has 1 aromatic carbocycles. The van der Waals surface area contributed by atoms with E-state index in [4.69, 9.17) is 4.74 Å². The van der Waals surface area contributed by atoms with Crippen LogP contribution >= 0.6 is 11.3 Å². The molecule has 0 unspecified atom stereocenters. The van der Waals surface area contributed by atoms with Gasteiger partial charge in [0.15, 0.2) is 10.9 Å². The van der Waals surface area contributed by atoms with Crippen LogP contribution in [-0.2, 0) is 0 Å². The van der Waals surface area contributed by atoms with Crippen molar-refractivity contribution in [2.75, 3.05) is 38.2 Å². The number of rotatable bonds is 5. The molecule has 1 amide bonds. The van der Waals surface area contributed by atoms with Gasteiger partial charge in [-0.3, -0.25) is 4.79 Å². The van der Waals surface area contributed by atoms with Gasteiger partial charge in [0.05, 0.1) is 18.5 Å². The van der Waals surface area contributed by atoms with Crippen LogP contribution in [0.5, 0.6) is 5.75 Å². The number of ether oxygens (including phenoxy) is 1. The van der Waals surface area contributed by atoms with Crippen molar-refractivity contribution in [1.29, 1.82) is 0 Å². The van der Waals surface area contributed by atoms with E-state index in [2.05, 4.69) is 20.1 Å². The number of amides is 1. The van der Waals surface area contributed by atoms with E-state index < -0.39 is 0 Å². The fraction of sp³-hybridized carbons (Fsp3) is 0.250. The molecule has 33 heavy (non-hydrogen) atoms. The molecule has 0 saturated carbocycles.